The second-order valence-electron chi connectivity index (χ2n) is 6.23. The molecule has 0 fully saturated rings. The summed E-state index contributed by atoms with van der Waals surface area (Å²) in [6, 6.07) is 10.4. The topological polar surface area (TPSA) is 33.2 Å². The summed E-state index contributed by atoms with van der Waals surface area (Å²) in [7, 11) is 2.03. The lowest BCUT2D eigenvalue weighted by atomic mass is 9.91. The number of thiazole rings is 1. The highest BCUT2D eigenvalue weighted by Gasteiger charge is 2.24. The van der Waals surface area contributed by atoms with Crippen molar-refractivity contribution in [1.82, 2.24) is 4.98 Å². The highest BCUT2D eigenvalue weighted by molar-refractivity contribution is 7.17. The van der Waals surface area contributed by atoms with Crippen LogP contribution >= 0.6 is 11.3 Å². The molecule has 1 aromatic heterocycles. The molecule has 0 bridgehead atoms. The molecule has 0 radical (unpaired) electrons. The van der Waals surface area contributed by atoms with Crippen molar-refractivity contribution >= 4 is 22.8 Å². The zero-order valence-corrected chi connectivity index (χ0v) is 13.9. The number of carbonyl (C=O) groups is 1. The molecule has 0 aliphatic heterocycles. The minimum Gasteiger partial charge on any atom is -0.351 e. The molecule has 0 N–H and O–H groups in total. The number of aldehydes is 1. The quantitative estimate of drug-likeness (QED) is 0.785. The lowest BCUT2D eigenvalue weighted by Crippen LogP contribution is -2.21. The molecule has 0 saturated heterocycles. The summed E-state index contributed by atoms with van der Waals surface area (Å²) >= 11 is 1.48. The van der Waals surface area contributed by atoms with Gasteiger partial charge in [-0.1, -0.05) is 62.4 Å². The van der Waals surface area contributed by atoms with Crippen molar-refractivity contribution in [2.24, 2.45) is 0 Å². The van der Waals surface area contributed by atoms with Crippen molar-refractivity contribution in [3.8, 4) is 0 Å². The summed E-state index contributed by atoms with van der Waals surface area (Å²) in [5, 5.41) is 0.915. The molecule has 4 heteroatoms. The van der Waals surface area contributed by atoms with E-state index in [-0.39, 0.29) is 5.41 Å². The van der Waals surface area contributed by atoms with Crippen LogP contribution in [0.1, 0.15) is 41.7 Å². The molecule has 0 atom stereocenters. The Labute approximate surface area is 130 Å². The van der Waals surface area contributed by atoms with Crippen LogP contribution in [0.2, 0.25) is 0 Å². The molecule has 0 aliphatic carbocycles. The Balaban J connectivity index is 2.11. The first-order valence-electron chi connectivity index (χ1n) is 7.13. The first kappa shape index (κ1) is 15.7. The molecule has 1 aromatic carbocycles. The van der Waals surface area contributed by atoms with E-state index >= 15 is 0 Å². The molecule has 0 aliphatic rings. The monoisotopic (exact) mass is 302 g/mol. The predicted octanol–water partition coefficient (Wildman–Crippen LogP) is 3.93. The average molecular weight is 302 g/mol. The number of anilines is 1. The molecule has 112 valence electrons. The lowest BCUT2D eigenvalue weighted by molar-refractivity contribution is 0.112. The van der Waals surface area contributed by atoms with Gasteiger partial charge < -0.3 is 4.90 Å². The van der Waals surface area contributed by atoms with Crippen molar-refractivity contribution in [3.63, 3.8) is 0 Å². The van der Waals surface area contributed by atoms with Gasteiger partial charge in [-0.15, -0.1) is 0 Å². The van der Waals surface area contributed by atoms with Gasteiger partial charge in [0.1, 0.15) is 0 Å². The molecule has 0 unspecified atom stereocenters. The van der Waals surface area contributed by atoms with Crippen molar-refractivity contribution < 1.29 is 4.79 Å². The van der Waals surface area contributed by atoms with E-state index < -0.39 is 0 Å². The zero-order valence-electron chi connectivity index (χ0n) is 13.1. The van der Waals surface area contributed by atoms with Crippen LogP contribution < -0.4 is 4.90 Å². The fourth-order valence-corrected chi connectivity index (χ4v) is 3.22. The first-order chi connectivity index (χ1) is 9.91. The molecule has 2 aromatic rings. The van der Waals surface area contributed by atoms with Crippen LogP contribution in [0, 0.1) is 0 Å². The Bertz CT molecular complexity index is 599. The molecule has 0 spiro atoms. The van der Waals surface area contributed by atoms with Gasteiger partial charge in [0.25, 0.3) is 0 Å². The first-order valence-corrected chi connectivity index (χ1v) is 7.95. The summed E-state index contributed by atoms with van der Waals surface area (Å²) < 4.78 is 0. The number of aromatic nitrogens is 1. The summed E-state index contributed by atoms with van der Waals surface area (Å²) in [5.41, 5.74) is 2.10. The maximum atomic E-state index is 11.2. The van der Waals surface area contributed by atoms with Gasteiger partial charge in [0, 0.05) is 19.0 Å². The zero-order chi connectivity index (χ0) is 15.5. The largest absolute Gasteiger partial charge is 0.351 e. The van der Waals surface area contributed by atoms with Crippen molar-refractivity contribution in [2.45, 2.75) is 32.6 Å². The normalized spacial score (nSPS) is 11.4. The van der Waals surface area contributed by atoms with Crippen LogP contribution in [-0.2, 0) is 11.8 Å². The molecule has 0 amide bonds. The van der Waals surface area contributed by atoms with Crippen LogP contribution in [0.3, 0.4) is 0 Å². The maximum Gasteiger partial charge on any atom is 0.185 e. The Morgan fingerprint density at radius 2 is 1.90 bits per heavy atom. The number of benzene rings is 1. The van der Waals surface area contributed by atoms with E-state index in [0.717, 1.165) is 35.0 Å². The maximum absolute atomic E-state index is 11.2. The SMILES string of the molecule is CN(CCc1ccccc1)c1nc(C(C)(C)C)c(C=O)s1. The highest BCUT2D eigenvalue weighted by Crippen LogP contribution is 2.32. The van der Waals surface area contributed by atoms with Crippen LogP contribution in [-0.4, -0.2) is 24.9 Å². The van der Waals surface area contributed by atoms with Crippen LogP contribution in [0.15, 0.2) is 30.3 Å². The molecular formula is C17H22N2OS. The number of hydrogen-bond donors (Lipinski definition) is 0. The van der Waals surface area contributed by atoms with E-state index in [9.17, 15) is 4.79 Å². The molecule has 2 rings (SSSR count). The van der Waals surface area contributed by atoms with E-state index in [4.69, 9.17) is 0 Å². The highest BCUT2D eigenvalue weighted by atomic mass is 32.1. The second kappa shape index (κ2) is 6.39. The summed E-state index contributed by atoms with van der Waals surface area (Å²) in [4.78, 5) is 18.8. The van der Waals surface area contributed by atoms with Gasteiger partial charge in [-0.3, -0.25) is 4.79 Å². The average Bonchev–Trinajstić information content (AvgIpc) is 2.90. The van der Waals surface area contributed by atoms with E-state index in [1.54, 1.807) is 0 Å². The number of carbonyl (C=O) groups excluding carboxylic acids is 1. The predicted molar refractivity (Wildman–Crippen MR) is 89.6 cm³/mol. The third kappa shape index (κ3) is 3.91. The van der Waals surface area contributed by atoms with Gasteiger partial charge in [0.15, 0.2) is 11.4 Å². The summed E-state index contributed by atoms with van der Waals surface area (Å²) in [5.74, 6) is 0. The second-order valence-corrected chi connectivity index (χ2v) is 7.24. The standard InChI is InChI=1S/C17H22N2OS/c1-17(2,3)15-14(12-20)21-16(18-15)19(4)11-10-13-8-6-5-7-9-13/h5-9,12H,10-11H2,1-4H3. The van der Waals surface area contributed by atoms with Crippen LogP contribution in [0.5, 0.6) is 0 Å². The van der Waals surface area contributed by atoms with Crippen molar-refractivity contribution in [2.75, 3.05) is 18.5 Å². The van der Waals surface area contributed by atoms with E-state index in [1.165, 1.54) is 16.9 Å². The fraction of sp³-hybridized carbons (Fsp3) is 0.412. The minimum absolute atomic E-state index is 0.106. The van der Waals surface area contributed by atoms with Gasteiger partial charge in [0.05, 0.1) is 10.6 Å². The minimum atomic E-state index is -0.106. The Morgan fingerprint density at radius 3 is 2.43 bits per heavy atom. The lowest BCUT2D eigenvalue weighted by Gasteiger charge is -2.17. The Kier molecular flexibility index (Phi) is 4.78. The number of likely N-dealkylation sites (N-methyl/N-ethyl adjacent to an activating group) is 1. The van der Waals surface area contributed by atoms with Crippen molar-refractivity contribution in [1.29, 1.82) is 0 Å². The molecule has 3 nitrogen and oxygen atoms in total. The van der Waals surface area contributed by atoms with Gasteiger partial charge in [-0.05, 0) is 12.0 Å². The van der Waals surface area contributed by atoms with Gasteiger partial charge in [-0.25, -0.2) is 4.98 Å². The fourth-order valence-electron chi connectivity index (χ4n) is 2.14. The molecule has 21 heavy (non-hydrogen) atoms. The van der Waals surface area contributed by atoms with Gasteiger partial charge >= 0.3 is 0 Å². The third-order valence-corrected chi connectivity index (χ3v) is 4.46. The molecule has 0 saturated carbocycles. The third-order valence-electron chi connectivity index (χ3n) is 3.36. The smallest absolute Gasteiger partial charge is 0.185 e. The van der Waals surface area contributed by atoms with E-state index in [1.807, 2.05) is 13.1 Å². The van der Waals surface area contributed by atoms with Gasteiger partial charge in [0.2, 0.25) is 0 Å². The van der Waals surface area contributed by atoms with E-state index in [2.05, 4.69) is 54.9 Å². The molecule has 1 heterocycles. The summed E-state index contributed by atoms with van der Waals surface area (Å²) in [6.07, 6.45) is 1.89. The van der Waals surface area contributed by atoms with E-state index in [0.29, 0.717) is 0 Å². The van der Waals surface area contributed by atoms with Crippen LogP contribution in [0.25, 0.3) is 0 Å². The van der Waals surface area contributed by atoms with Gasteiger partial charge in [-0.2, -0.15) is 0 Å². The summed E-state index contributed by atoms with van der Waals surface area (Å²) in [6.45, 7) is 7.15. The number of rotatable bonds is 5. The van der Waals surface area contributed by atoms with Crippen LogP contribution in [0.4, 0.5) is 5.13 Å². The molecular weight excluding hydrogens is 280 g/mol. The number of nitrogens with zero attached hydrogens (tertiary/aromatic N) is 2. The van der Waals surface area contributed by atoms with Crippen molar-refractivity contribution in [3.05, 3.63) is 46.5 Å². The Hall–Kier alpha value is -1.68. The Morgan fingerprint density at radius 1 is 1.24 bits per heavy atom. The number of hydrogen-bond acceptors (Lipinski definition) is 4.